The van der Waals surface area contributed by atoms with Crippen LogP contribution in [-0.4, -0.2) is 5.78 Å². The minimum absolute atomic E-state index is 0.230. The lowest BCUT2D eigenvalue weighted by atomic mass is 9.83. The molecule has 0 saturated heterocycles. The molecule has 2 aromatic carbocycles. The first-order valence-electron chi connectivity index (χ1n) is 8.36. The Morgan fingerprint density at radius 2 is 1.43 bits per heavy atom. The van der Waals surface area contributed by atoms with Crippen LogP contribution >= 0.6 is 0 Å². The molecule has 0 radical (unpaired) electrons. The maximum absolute atomic E-state index is 12.6. The van der Waals surface area contributed by atoms with Crippen LogP contribution < -0.4 is 0 Å². The number of hydrogen-bond acceptors (Lipinski definition) is 1. The first-order chi connectivity index (χ1) is 11.0. The summed E-state index contributed by atoms with van der Waals surface area (Å²) in [7, 11) is 0. The molecule has 0 aromatic heterocycles. The van der Waals surface area contributed by atoms with Gasteiger partial charge in [0.1, 0.15) is 0 Å². The van der Waals surface area contributed by atoms with Crippen LogP contribution in [0, 0.1) is 0 Å². The van der Waals surface area contributed by atoms with Crippen LogP contribution in [-0.2, 0) is 0 Å². The number of ketones is 1. The summed E-state index contributed by atoms with van der Waals surface area (Å²) in [6.45, 7) is 10.7. The predicted molar refractivity (Wildman–Crippen MR) is 98.1 cm³/mol. The van der Waals surface area contributed by atoms with E-state index in [-0.39, 0.29) is 11.7 Å². The fourth-order valence-electron chi connectivity index (χ4n) is 3.74. The lowest BCUT2D eigenvalue weighted by Crippen LogP contribution is -2.08. The SMILES string of the molecule is CCC(=O)c1cc2ccccc2cc1C1C(C)=C(C)C(C)=C1C. The molecule has 0 saturated carbocycles. The van der Waals surface area contributed by atoms with E-state index in [4.69, 9.17) is 0 Å². The predicted octanol–water partition coefficient (Wildman–Crippen LogP) is 6.20. The van der Waals surface area contributed by atoms with Crippen molar-refractivity contribution in [2.75, 3.05) is 0 Å². The van der Waals surface area contributed by atoms with E-state index in [2.05, 4.69) is 58.0 Å². The average Bonchev–Trinajstić information content (AvgIpc) is 2.76. The highest BCUT2D eigenvalue weighted by Gasteiger charge is 2.29. The van der Waals surface area contributed by atoms with Crippen LogP contribution in [0.3, 0.4) is 0 Å². The molecule has 0 amide bonds. The van der Waals surface area contributed by atoms with E-state index in [0.717, 1.165) is 10.9 Å². The molecule has 1 aliphatic carbocycles. The molecule has 3 rings (SSSR count). The zero-order chi connectivity index (χ0) is 16.7. The highest BCUT2D eigenvalue weighted by molar-refractivity contribution is 6.02. The Kier molecular flexibility index (Phi) is 3.97. The zero-order valence-corrected chi connectivity index (χ0v) is 14.7. The van der Waals surface area contributed by atoms with Gasteiger partial charge in [-0.2, -0.15) is 0 Å². The van der Waals surface area contributed by atoms with Crippen molar-refractivity contribution in [3.05, 3.63) is 69.8 Å². The summed E-state index contributed by atoms with van der Waals surface area (Å²) in [5.41, 5.74) is 7.55. The summed E-state index contributed by atoms with van der Waals surface area (Å²) in [6.07, 6.45) is 0.543. The fraction of sp³-hybridized carbons (Fsp3) is 0.318. The first kappa shape index (κ1) is 15.7. The Labute approximate surface area is 138 Å². The lowest BCUT2D eigenvalue weighted by Gasteiger charge is -2.20. The van der Waals surface area contributed by atoms with Crippen molar-refractivity contribution in [2.45, 2.75) is 47.0 Å². The zero-order valence-electron chi connectivity index (χ0n) is 14.7. The van der Waals surface area contributed by atoms with Gasteiger partial charge < -0.3 is 0 Å². The van der Waals surface area contributed by atoms with E-state index < -0.39 is 0 Å². The van der Waals surface area contributed by atoms with Gasteiger partial charge in [0.2, 0.25) is 0 Å². The molecule has 0 spiro atoms. The summed E-state index contributed by atoms with van der Waals surface area (Å²) in [5.74, 6) is 0.471. The third-order valence-corrected chi connectivity index (χ3v) is 5.46. The van der Waals surface area contributed by atoms with Crippen molar-refractivity contribution in [1.82, 2.24) is 0 Å². The third kappa shape index (κ3) is 2.45. The second kappa shape index (κ2) is 5.81. The average molecular weight is 304 g/mol. The molecule has 1 nitrogen and oxygen atoms in total. The van der Waals surface area contributed by atoms with Gasteiger partial charge in [0.15, 0.2) is 5.78 Å². The summed E-state index contributed by atoms with van der Waals surface area (Å²) in [5, 5.41) is 2.35. The van der Waals surface area contributed by atoms with E-state index in [1.54, 1.807) is 0 Å². The highest BCUT2D eigenvalue weighted by Crippen LogP contribution is 2.45. The molecule has 0 atom stereocenters. The maximum atomic E-state index is 12.6. The molecule has 0 aliphatic heterocycles. The van der Waals surface area contributed by atoms with Crippen LogP contribution in [0.2, 0.25) is 0 Å². The molecule has 0 bridgehead atoms. The van der Waals surface area contributed by atoms with Gasteiger partial charge in [-0.25, -0.2) is 0 Å². The number of benzene rings is 2. The number of fused-ring (bicyclic) bond motifs is 1. The Bertz CT molecular complexity index is 841. The van der Waals surface area contributed by atoms with Crippen molar-refractivity contribution in [2.24, 2.45) is 0 Å². The van der Waals surface area contributed by atoms with E-state index in [1.165, 1.54) is 33.2 Å². The van der Waals surface area contributed by atoms with E-state index >= 15 is 0 Å². The summed E-state index contributed by atoms with van der Waals surface area (Å²) in [6, 6.07) is 12.6. The molecule has 0 unspecified atom stereocenters. The molecule has 0 heterocycles. The normalized spacial score (nSPS) is 15.9. The Hall–Kier alpha value is -2.15. The van der Waals surface area contributed by atoms with Gasteiger partial charge in [-0.3, -0.25) is 4.79 Å². The molecule has 118 valence electrons. The monoisotopic (exact) mass is 304 g/mol. The number of Topliss-reactive ketones (excluding diaryl/α,β-unsaturated/α-hetero) is 1. The largest absolute Gasteiger partial charge is 0.294 e. The van der Waals surface area contributed by atoms with E-state index in [1.807, 2.05) is 13.0 Å². The van der Waals surface area contributed by atoms with Gasteiger partial charge in [-0.1, -0.05) is 42.3 Å². The van der Waals surface area contributed by atoms with Crippen molar-refractivity contribution >= 4 is 16.6 Å². The fourth-order valence-corrected chi connectivity index (χ4v) is 3.74. The lowest BCUT2D eigenvalue weighted by molar-refractivity contribution is 0.0987. The first-order valence-corrected chi connectivity index (χ1v) is 8.36. The van der Waals surface area contributed by atoms with Gasteiger partial charge in [0.05, 0.1) is 0 Å². The van der Waals surface area contributed by atoms with Gasteiger partial charge >= 0.3 is 0 Å². The maximum Gasteiger partial charge on any atom is 0.162 e. The molecule has 0 N–H and O–H groups in total. The van der Waals surface area contributed by atoms with Crippen LogP contribution in [0.4, 0.5) is 0 Å². The molecule has 0 fully saturated rings. The van der Waals surface area contributed by atoms with E-state index in [9.17, 15) is 4.79 Å². The van der Waals surface area contributed by atoms with E-state index in [0.29, 0.717) is 6.42 Å². The molecular weight excluding hydrogens is 280 g/mol. The van der Waals surface area contributed by atoms with Crippen molar-refractivity contribution in [3.8, 4) is 0 Å². The number of rotatable bonds is 3. The number of allylic oxidation sites excluding steroid dienone is 4. The number of hydrogen-bond donors (Lipinski definition) is 0. The van der Waals surface area contributed by atoms with Gasteiger partial charge in [-0.15, -0.1) is 0 Å². The smallest absolute Gasteiger partial charge is 0.162 e. The summed E-state index contributed by atoms with van der Waals surface area (Å²) in [4.78, 5) is 12.6. The molecule has 23 heavy (non-hydrogen) atoms. The van der Waals surface area contributed by atoms with Crippen molar-refractivity contribution in [1.29, 1.82) is 0 Å². The molecule has 2 aromatic rings. The van der Waals surface area contributed by atoms with Gasteiger partial charge in [0, 0.05) is 17.9 Å². The van der Waals surface area contributed by atoms with Crippen LogP contribution in [0.1, 0.15) is 62.9 Å². The number of carbonyl (C=O) groups excluding carboxylic acids is 1. The Morgan fingerprint density at radius 3 is 1.96 bits per heavy atom. The molecule has 1 heteroatoms. The summed E-state index contributed by atoms with van der Waals surface area (Å²) >= 11 is 0. The van der Waals surface area contributed by atoms with Crippen molar-refractivity contribution in [3.63, 3.8) is 0 Å². The molecular formula is C22H24O. The number of carbonyl (C=O) groups is 1. The van der Waals surface area contributed by atoms with Crippen LogP contribution in [0.15, 0.2) is 58.7 Å². The third-order valence-electron chi connectivity index (χ3n) is 5.46. The second-order valence-electron chi connectivity index (χ2n) is 6.61. The Morgan fingerprint density at radius 1 is 0.913 bits per heavy atom. The second-order valence-corrected chi connectivity index (χ2v) is 6.61. The topological polar surface area (TPSA) is 17.1 Å². The van der Waals surface area contributed by atoms with Crippen LogP contribution in [0.5, 0.6) is 0 Å². The van der Waals surface area contributed by atoms with Crippen molar-refractivity contribution < 1.29 is 4.79 Å². The Balaban J connectivity index is 2.30. The minimum atomic E-state index is 0.230. The highest BCUT2D eigenvalue weighted by atomic mass is 16.1. The van der Waals surface area contributed by atoms with Gasteiger partial charge in [0.25, 0.3) is 0 Å². The molecule has 1 aliphatic rings. The van der Waals surface area contributed by atoms with Crippen LogP contribution in [0.25, 0.3) is 10.8 Å². The standard InChI is InChI=1S/C22H24O/c1-6-21(23)19-11-17-9-7-8-10-18(17)12-20(19)22-15(4)13(2)14(3)16(22)5/h7-12,22H,6H2,1-5H3. The van der Waals surface area contributed by atoms with Gasteiger partial charge in [-0.05, 0) is 67.3 Å². The minimum Gasteiger partial charge on any atom is -0.294 e. The summed E-state index contributed by atoms with van der Waals surface area (Å²) < 4.78 is 0. The quantitative estimate of drug-likeness (QED) is 0.617.